The number of hydrogen-bond donors (Lipinski definition) is 0. The molecule has 0 unspecified atom stereocenters. The highest BCUT2D eigenvalue weighted by Crippen LogP contribution is 2.15. The summed E-state index contributed by atoms with van der Waals surface area (Å²) in [6, 6.07) is 8.90. The van der Waals surface area contributed by atoms with Gasteiger partial charge in [0.1, 0.15) is 0 Å². The molecule has 1 nitrogen and oxygen atoms in total. The molecule has 0 saturated heterocycles. The van der Waals surface area contributed by atoms with Crippen molar-refractivity contribution in [1.29, 1.82) is 0 Å². The highest BCUT2D eigenvalue weighted by molar-refractivity contribution is 5.85. The summed E-state index contributed by atoms with van der Waals surface area (Å²) < 4.78 is 0. The van der Waals surface area contributed by atoms with Gasteiger partial charge in [-0.3, -0.25) is 0 Å². The lowest BCUT2D eigenvalue weighted by atomic mass is 10.1. The third-order valence-electron chi connectivity index (χ3n) is 1.43. The summed E-state index contributed by atoms with van der Waals surface area (Å²) in [4.78, 5) is 4.13. The maximum absolute atomic E-state index is 4.13. The molecule has 0 aliphatic carbocycles. The Morgan fingerprint density at radius 3 is 3.30 bits per heavy atom. The first-order chi connectivity index (χ1) is 4.97. The number of para-hydroxylation sites is 1. The van der Waals surface area contributed by atoms with Gasteiger partial charge in [-0.2, -0.15) is 0 Å². The zero-order valence-electron chi connectivity index (χ0n) is 5.41. The van der Waals surface area contributed by atoms with E-state index in [1.807, 2.05) is 30.4 Å². The van der Waals surface area contributed by atoms with Crippen molar-refractivity contribution in [1.82, 2.24) is 4.99 Å². The predicted octanol–water partition coefficient (Wildman–Crippen LogP) is 1.55. The second-order valence-electron chi connectivity index (χ2n) is 2.11. The van der Waals surface area contributed by atoms with Gasteiger partial charge in [-0.1, -0.05) is 6.07 Å². The molecule has 10 heavy (non-hydrogen) atoms. The normalized spacial score (nSPS) is 13.2. The second-order valence-corrected chi connectivity index (χ2v) is 2.11. The summed E-state index contributed by atoms with van der Waals surface area (Å²) in [5, 5.41) is 0. The number of allylic oxidation sites excluding steroid dienone is 1. The monoisotopic (exact) mass is 128 g/mol. The Balaban J connectivity index is 2.65. The molecule has 0 N–H and O–H groups in total. The van der Waals surface area contributed by atoms with E-state index in [-0.39, 0.29) is 0 Å². The number of hydrogen-bond acceptors (Lipinski definition) is 1. The van der Waals surface area contributed by atoms with Crippen LogP contribution >= 0.6 is 0 Å². The Labute approximate surface area is 59.7 Å². The molecule has 0 spiro atoms. The molecule has 1 aliphatic heterocycles. The summed E-state index contributed by atoms with van der Waals surface area (Å²) in [5.41, 5.74) is 2.08. The van der Waals surface area contributed by atoms with Crippen LogP contribution in [-0.2, 0) is 0 Å². The van der Waals surface area contributed by atoms with Gasteiger partial charge in [0.25, 0.3) is 5.69 Å². The van der Waals surface area contributed by atoms with Gasteiger partial charge in [0.2, 0.25) is 6.21 Å². The smallest absolute Gasteiger partial charge is 0.0605 e. The van der Waals surface area contributed by atoms with Crippen molar-refractivity contribution in [3.8, 4) is 0 Å². The van der Waals surface area contributed by atoms with Crippen molar-refractivity contribution in [3.05, 3.63) is 35.9 Å². The van der Waals surface area contributed by atoms with Gasteiger partial charge in [0, 0.05) is 6.08 Å². The van der Waals surface area contributed by atoms with Crippen molar-refractivity contribution in [2.24, 2.45) is 0 Å². The van der Waals surface area contributed by atoms with Gasteiger partial charge in [0.15, 0.2) is 0 Å². The van der Waals surface area contributed by atoms with Crippen molar-refractivity contribution in [2.45, 2.75) is 0 Å². The molecule has 0 fully saturated rings. The third-order valence-corrected chi connectivity index (χ3v) is 1.43. The fourth-order valence-electron chi connectivity index (χ4n) is 0.952. The van der Waals surface area contributed by atoms with Gasteiger partial charge in [0.05, 0.1) is 16.6 Å². The minimum Gasteiger partial charge on any atom is -0.0605 e. The van der Waals surface area contributed by atoms with E-state index in [0.717, 1.165) is 11.3 Å². The molecule has 2 radical (unpaired) electrons. The standard InChI is InChI=1S/C9H6N/c1-2-6-9-8(4-1)5-3-7-10-9/h1-5,7H/q+1. The minimum atomic E-state index is 0.935. The quantitative estimate of drug-likeness (QED) is 0.503. The van der Waals surface area contributed by atoms with Gasteiger partial charge >= 0.3 is 0 Å². The Hall–Kier alpha value is -1.37. The van der Waals surface area contributed by atoms with Crippen molar-refractivity contribution >= 4 is 18.0 Å². The highest BCUT2D eigenvalue weighted by Gasteiger charge is 2.09. The van der Waals surface area contributed by atoms with Gasteiger partial charge in [-0.05, 0) is 18.2 Å². The fraction of sp³-hybridized carbons (Fsp3) is 0. The highest BCUT2D eigenvalue weighted by atomic mass is 14.7. The molecule has 1 aromatic carbocycles. The second kappa shape index (κ2) is 2.10. The first kappa shape index (κ1) is 5.42. The zero-order chi connectivity index (χ0) is 6.81. The SMILES string of the molecule is [c]1cccc2c1[N+]=CC=C2. The number of nitrogens with zero attached hydrogens (tertiary/aromatic N) is 1. The summed E-state index contributed by atoms with van der Waals surface area (Å²) in [6.45, 7) is 0. The average molecular weight is 128 g/mol. The summed E-state index contributed by atoms with van der Waals surface area (Å²) in [5.74, 6) is 0. The number of fused-ring (bicyclic) bond motifs is 1. The van der Waals surface area contributed by atoms with Gasteiger partial charge in [-0.15, -0.1) is 0 Å². The average Bonchev–Trinajstić information content (AvgIpc) is 2.05. The van der Waals surface area contributed by atoms with E-state index >= 15 is 0 Å². The molecular formula is C9H6N+. The van der Waals surface area contributed by atoms with Crippen LogP contribution in [0.25, 0.3) is 6.08 Å². The van der Waals surface area contributed by atoms with Crippen molar-refractivity contribution in [2.75, 3.05) is 0 Å². The summed E-state index contributed by atoms with van der Waals surface area (Å²) in [7, 11) is 0. The Morgan fingerprint density at radius 1 is 1.40 bits per heavy atom. The Morgan fingerprint density at radius 2 is 2.40 bits per heavy atom. The third kappa shape index (κ3) is 0.760. The van der Waals surface area contributed by atoms with Crippen LogP contribution in [-0.4, -0.2) is 6.21 Å². The van der Waals surface area contributed by atoms with Crippen molar-refractivity contribution < 1.29 is 0 Å². The maximum Gasteiger partial charge on any atom is 0.292 e. The zero-order valence-corrected chi connectivity index (χ0v) is 5.41. The number of benzene rings is 1. The molecule has 1 heteroatoms. The summed E-state index contributed by atoms with van der Waals surface area (Å²) >= 11 is 0. The molecule has 0 bridgehead atoms. The molecular weight excluding hydrogens is 122 g/mol. The molecule has 1 aliphatic rings. The molecule has 2 rings (SSSR count). The predicted molar refractivity (Wildman–Crippen MR) is 42.2 cm³/mol. The summed E-state index contributed by atoms with van der Waals surface area (Å²) in [6.07, 6.45) is 5.73. The van der Waals surface area contributed by atoms with Gasteiger partial charge < -0.3 is 0 Å². The molecule has 0 aromatic heterocycles. The topological polar surface area (TPSA) is 14.1 Å². The minimum absolute atomic E-state index is 0.935. The van der Waals surface area contributed by atoms with Crippen LogP contribution in [0.5, 0.6) is 0 Å². The molecule has 0 saturated carbocycles. The van der Waals surface area contributed by atoms with E-state index in [1.54, 1.807) is 6.21 Å². The van der Waals surface area contributed by atoms with Crippen LogP contribution in [0.15, 0.2) is 24.3 Å². The van der Waals surface area contributed by atoms with Crippen LogP contribution in [0.4, 0.5) is 5.69 Å². The van der Waals surface area contributed by atoms with Crippen molar-refractivity contribution in [3.63, 3.8) is 0 Å². The van der Waals surface area contributed by atoms with Crippen LogP contribution in [0, 0.1) is 6.07 Å². The molecule has 0 amide bonds. The number of aliphatic imine (C=N–C) groups is 1. The molecule has 1 aromatic rings. The van der Waals surface area contributed by atoms with E-state index < -0.39 is 0 Å². The van der Waals surface area contributed by atoms with E-state index in [0.29, 0.717) is 0 Å². The van der Waals surface area contributed by atoms with E-state index in [1.165, 1.54) is 0 Å². The van der Waals surface area contributed by atoms with Crippen LogP contribution < -0.4 is 4.99 Å². The van der Waals surface area contributed by atoms with E-state index in [9.17, 15) is 0 Å². The fourth-order valence-corrected chi connectivity index (χ4v) is 0.952. The maximum atomic E-state index is 4.13. The number of rotatable bonds is 0. The van der Waals surface area contributed by atoms with Gasteiger partial charge in [-0.25, -0.2) is 0 Å². The lowest BCUT2D eigenvalue weighted by molar-refractivity contribution is 1.36. The van der Waals surface area contributed by atoms with E-state index in [2.05, 4.69) is 11.1 Å². The molecule has 0 atom stereocenters. The van der Waals surface area contributed by atoms with E-state index in [4.69, 9.17) is 0 Å². The first-order valence-electron chi connectivity index (χ1n) is 3.18. The molecule has 46 valence electrons. The lowest BCUT2D eigenvalue weighted by Gasteiger charge is -1.90. The van der Waals surface area contributed by atoms with Crippen LogP contribution in [0.2, 0.25) is 0 Å². The first-order valence-corrected chi connectivity index (χ1v) is 3.18. The molecule has 1 heterocycles. The van der Waals surface area contributed by atoms with Crippen LogP contribution in [0.3, 0.4) is 0 Å². The Kier molecular flexibility index (Phi) is 1.14. The Bertz CT molecular complexity index is 266. The van der Waals surface area contributed by atoms with Crippen LogP contribution in [0.1, 0.15) is 5.56 Å². The lowest BCUT2D eigenvalue weighted by Crippen LogP contribution is -1.90. The largest absolute Gasteiger partial charge is 0.292 e.